The van der Waals surface area contributed by atoms with Gasteiger partial charge in [-0.3, -0.25) is 4.79 Å². The lowest BCUT2D eigenvalue weighted by Gasteiger charge is -2.15. The number of hydrogen-bond acceptors (Lipinski definition) is 3. The zero-order valence-corrected chi connectivity index (χ0v) is 10.6. The van der Waals surface area contributed by atoms with Gasteiger partial charge in [0.1, 0.15) is 6.61 Å². The lowest BCUT2D eigenvalue weighted by Crippen LogP contribution is -2.31. The van der Waals surface area contributed by atoms with Crippen LogP contribution < -0.4 is 5.32 Å². The van der Waals surface area contributed by atoms with Crippen molar-refractivity contribution in [3.8, 4) is 0 Å². The van der Waals surface area contributed by atoms with Crippen LogP contribution in [0.15, 0.2) is 12.2 Å². The summed E-state index contributed by atoms with van der Waals surface area (Å²) in [6, 6.07) is 0. The summed E-state index contributed by atoms with van der Waals surface area (Å²) in [4.78, 5) is 11.4. The molecule has 98 valence electrons. The lowest BCUT2D eigenvalue weighted by atomic mass is 10.0. The highest BCUT2D eigenvalue weighted by atomic mass is 16.5. The van der Waals surface area contributed by atoms with Gasteiger partial charge in [-0.25, -0.2) is 0 Å². The first-order valence-corrected chi connectivity index (χ1v) is 6.37. The molecule has 0 saturated heterocycles. The number of carbonyl (C=O) groups is 1. The van der Waals surface area contributed by atoms with Crippen molar-refractivity contribution >= 4 is 5.91 Å². The minimum Gasteiger partial charge on any atom is -0.383 e. The summed E-state index contributed by atoms with van der Waals surface area (Å²) in [6.45, 7) is 1.22. The number of nitrogens with one attached hydrogen (secondary N) is 1. The van der Waals surface area contributed by atoms with Crippen LogP contribution in [0, 0.1) is 0 Å². The third-order valence-electron chi connectivity index (χ3n) is 2.77. The van der Waals surface area contributed by atoms with Gasteiger partial charge >= 0.3 is 0 Å². The maximum Gasteiger partial charge on any atom is 0.246 e. The van der Waals surface area contributed by atoms with Crippen LogP contribution >= 0.6 is 0 Å². The third kappa shape index (κ3) is 7.13. The van der Waals surface area contributed by atoms with Crippen LogP contribution in [0.1, 0.15) is 32.1 Å². The second-order valence-corrected chi connectivity index (χ2v) is 4.26. The molecule has 1 atom stereocenters. The Bertz CT molecular complexity index is 241. The van der Waals surface area contributed by atoms with Gasteiger partial charge in [0.2, 0.25) is 5.91 Å². The summed E-state index contributed by atoms with van der Waals surface area (Å²) in [7, 11) is 1.61. The Morgan fingerprint density at radius 1 is 1.41 bits per heavy atom. The summed E-state index contributed by atoms with van der Waals surface area (Å²) in [5.41, 5.74) is 0. The monoisotopic (exact) mass is 241 g/mol. The van der Waals surface area contributed by atoms with E-state index in [4.69, 9.17) is 9.47 Å². The van der Waals surface area contributed by atoms with Gasteiger partial charge in [0.25, 0.3) is 0 Å². The molecular formula is C13H23NO3. The van der Waals surface area contributed by atoms with Crippen molar-refractivity contribution < 1.29 is 14.3 Å². The first kappa shape index (κ1) is 14.2. The minimum absolute atomic E-state index is 0.0718. The zero-order chi connectivity index (χ0) is 12.3. The number of methoxy groups -OCH3 is 1. The molecule has 0 radical (unpaired) electrons. The van der Waals surface area contributed by atoms with Crippen LogP contribution in [0.5, 0.6) is 0 Å². The molecule has 0 aromatic rings. The van der Waals surface area contributed by atoms with E-state index in [1.54, 1.807) is 7.11 Å². The van der Waals surface area contributed by atoms with Crippen molar-refractivity contribution in [1.82, 2.24) is 5.32 Å². The van der Waals surface area contributed by atoms with Gasteiger partial charge in [0, 0.05) is 13.7 Å². The fraction of sp³-hybridized carbons (Fsp3) is 0.769. The highest BCUT2D eigenvalue weighted by Gasteiger charge is 2.09. The highest BCUT2D eigenvalue weighted by Crippen LogP contribution is 2.13. The molecule has 1 amide bonds. The maximum absolute atomic E-state index is 11.4. The number of allylic oxidation sites excluding steroid dienone is 1. The predicted octanol–water partition coefficient (Wildman–Crippen LogP) is 1.65. The van der Waals surface area contributed by atoms with Crippen LogP contribution in [-0.2, 0) is 14.3 Å². The molecule has 1 unspecified atom stereocenters. The molecule has 1 rings (SSSR count). The Kier molecular flexibility index (Phi) is 7.67. The molecule has 0 saturated carbocycles. The average Bonchev–Trinajstić information content (AvgIpc) is 2.28. The van der Waals surface area contributed by atoms with E-state index >= 15 is 0 Å². The number of carbonyl (C=O) groups excluding carboxylic acids is 1. The molecule has 1 N–H and O–H groups in total. The van der Waals surface area contributed by atoms with Crippen LogP contribution in [0.3, 0.4) is 0 Å². The third-order valence-corrected chi connectivity index (χ3v) is 2.77. The molecule has 0 fully saturated rings. The minimum atomic E-state index is -0.0718. The predicted molar refractivity (Wildman–Crippen MR) is 66.9 cm³/mol. The normalized spacial score (nSPS) is 20.6. The van der Waals surface area contributed by atoms with Crippen LogP contribution in [0.4, 0.5) is 0 Å². The highest BCUT2D eigenvalue weighted by molar-refractivity contribution is 5.77. The lowest BCUT2D eigenvalue weighted by molar-refractivity contribution is -0.127. The van der Waals surface area contributed by atoms with Gasteiger partial charge in [-0.05, 0) is 19.3 Å². The number of amides is 1. The molecule has 0 heterocycles. The van der Waals surface area contributed by atoms with E-state index in [2.05, 4.69) is 17.5 Å². The van der Waals surface area contributed by atoms with Gasteiger partial charge in [-0.1, -0.05) is 25.0 Å². The molecule has 0 spiro atoms. The Labute approximate surface area is 103 Å². The zero-order valence-electron chi connectivity index (χ0n) is 10.6. The summed E-state index contributed by atoms with van der Waals surface area (Å²) in [6.07, 6.45) is 10.2. The van der Waals surface area contributed by atoms with E-state index in [0.29, 0.717) is 13.2 Å². The van der Waals surface area contributed by atoms with E-state index in [1.807, 2.05) is 0 Å². The van der Waals surface area contributed by atoms with Crippen molar-refractivity contribution in [1.29, 1.82) is 0 Å². The number of hydrogen-bond donors (Lipinski definition) is 1. The van der Waals surface area contributed by atoms with Crippen molar-refractivity contribution in [2.45, 2.75) is 38.2 Å². The Balaban J connectivity index is 2.14. The standard InChI is InChI=1S/C13H23NO3/c1-16-10-9-14-13(15)11-17-12-7-5-3-2-4-6-8-12/h5,7,12H,2-4,6,8-11H2,1H3,(H,14,15). The van der Waals surface area contributed by atoms with E-state index in [0.717, 1.165) is 12.8 Å². The van der Waals surface area contributed by atoms with E-state index < -0.39 is 0 Å². The Hall–Kier alpha value is -0.870. The molecule has 1 aliphatic rings. The van der Waals surface area contributed by atoms with Crippen LogP contribution in [0.25, 0.3) is 0 Å². The van der Waals surface area contributed by atoms with Gasteiger partial charge in [0.15, 0.2) is 0 Å². The van der Waals surface area contributed by atoms with Crippen LogP contribution in [-0.4, -0.2) is 38.9 Å². The molecule has 0 aromatic carbocycles. The smallest absolute Gasteiger partial charge is 0.246 e. The quantitative estimate of drug-likeness (QED) is 0.568. The SMILES string of the molecule is COCCNC(=O)COC1C=CCCCCC1. The fourth-order valence-corrected chi connectivity index (χ4v) is 1.79. The largest absolute Gasteiger partial charge is 0.383 e. The second kappa shape index (κ2) is 9.19. The maximum atomic E-state index is 11.4. The molecule has 0 aliphatic heterocycles. The number of rotatable bonds is 6. The Morgan fingerprint density at radius 3 is 3.12 bits per heavy atom. The van der Waals surface area contributed by atoms with Crippen molar-refractivity contribution in [3.63, 3.8) is 0 Å². The summed E-state index contributed by atoms with van der Waals surface area (Å²) in [5.74, 6) is -0.0718. The topological polar surface area (TPSA) is 47.6 Å². The molecule has 17 heavy (non-hydrogen) atoms. The fourth-order valence-electron chi connectivity index (χ4n) is 1.79. The molecular weight excluding hydrogens is 218 g/mol. The average molecular weight is 241 g/mol. The van der Waals surface area contributed by atoms with Gasteiger partial charge in [-0.2, -0.15) is 0 Å². The first-order chi connectivity index (χ1) is 8.33. The molecule has 0 aromatic heterocycles. The summed E-state index contributed by atoms with van der Waals surface area (Å²) < 4.78 is 10.4. The van der Waals surface area contributed by atoms with Crippen molar-refractivity contribution in [2.24, 2.45) is 0 Å². The van der Waals surface area contributed by atoms with Gasteiger partial charge in [0.05, 0.1) is 12.7 Å². The van der Waals surface area contributed by atoms with E-state index in [9.17, 15) is 4.79 Å². The van der Waals surface area contributed by atoms with Gasteiger partial charge in [-0.15, -0.1) is 0 Å². The first-order valence-electron chi connectivity index (χ1n) is 6.37. The summed E-state index contributed by atoms with van der Waals surface area (Å²) >= 11 is 0. The Morgan fingerprint density at radius 2 is 2.29 bits per heavy atom. The molecule has 0 bridgehead atoms. The van der Waals surface area contributed by atoms with E-state index in [1.165, 1.54) is 19.3 Å². The van der Waals surface area contributed by atoms with E-state index in [-0.39, 0.29) is 18.6 Å². The van der Waals surface area contributed by atoms with Crippen molar-refractivity contribution in [3.05, 3.63) is 12.2 Å². The second-order valence-electron chi connectivity index (χ2n) is 4.26. The van der Waals surface area contributed by atoms with Gasteiger partial charge < -0.3 is 14.8 Å². The molecule has 1 aliphatic carbocycles. The molecule has 4 nitrogen and oxygen atoms in total. The summed E-state index contributed by atoms with van der Waals surface area (Å²) in [5, 5.41) is 2.74. The van der Waals surface area contributed by atoms with Crippen molar-refractivity contribution in [2.75, 3.05) is 26.9 Å². The molecule has 4 heteroatoms. The number of ether oxygens (including phenoxy) is 2. The van der Waals surface area contributed by atoms with Crippen LogP contribution in [0.2, 0.25) is 0 Å².